The van der Waals surface area contributed by atoms with Gasteiger partial charge in [-0.1, -0.05) is 0 Å². The number of hydrogen-bond donors (Lipinski definition) is 1. The van der Waals surface area contributed by atoms with Crippen LogP contribution in [0.3, 0.4) is 0 Å². The highest BCUT2D eigenvalue weighted by Crippen LogP contribution is 2.22. The van der Waals surface area contributed by atoms with Gasteiger partial charge in [0.25, 0.3) is 0 Å². The Balaban J connectivity index is 2.01. The molecule has 3 nitrogen and oxygen atoms in total. The molecule has 0 fully saturated rings. The van der Waals surface area contributed by atoms with E-state index in [9.17, 15) is 0 Å². The zero-order chi connectivity index (χ0) is 14.5. The highest BCUT2D eigenvalue weighted by Gasteiger charge is 2.03. The second-order valence-electron chi connectivity index (χ2n) is 4.96. The van der Waals surface area contributed by atoms with Crippen LogP contribution >= 0.6 is 15.9 Å². The number of ether oxygens (including phenoxy) is 1. The largest absolute Gasteiger partial charge is 0.491 e. The summed E-state index contributed by atoms with van der Waals surface area (Å²) in [4.78, 5) is 4.35. The number of nitrogens with one attached hydrogen (secondary N) is 1. The van der Waals surface area contributed by atoms with E-state index in [1.165, 1.54) is 5.56 Å². The lowest BCUT2D eigenvalue weighted by atomic mass is 10.2. The van der Waals surface area contributed by atoms with Crippen molar-refractivity contribution in [2.24, 2.45) is 0 Å². The first-order chi connectivity index (χ1) is 9.54. The van der Waals surface area contributed by atoms with Crippen LogP contribution in [0, 0.1) is 6.92 Å². The van der Waals surface area contributed by atoms with Crippen molar-refractivity contribution in [3.8, 4) is 5.75 Å². The van der Waals surface area contributed by atoms with Crippen LogP contribution in [-0.4, -0.2) is 11.1 Å². The lowest BCUT2D eigenvalue weighted by molar-refractivity contribution is 0.242. The van der Waals surface area contributed by atoms with E-state index in [-0.39, 0.29) is 6.10 Å². The van der Waals surface area contributed by atoms with Gasteiger partial charge < -0.3 is 10.1 Å². The Kier molecular flexibility index (Phi) is 5.01. The van der Waals surface area contributed by atoms with Crippen molar-refractivity contribution in [3.05, 3.63) is 52.3 Å². The van der Waals surface area contributed by atoms with Gasteiger partial charge in [0.15, 0.2) is 0 Å². The quantitative estimate of drug-likeness (QED) is 0.870. The van der Waals surface area contributed by atoms with Crippen LogP contribution in [0.15, 0.2) is 41.0 Å². The second kappa shape index (κ2) is 6.75. The average Bonchev–Trinajstić information content (AvgIpc) is 2.39. The summed E-state index contributed by atoms with van der Waals surface area (Å²) < 4.78 is 6.67. The number of rotatable bonds is 5. The van der Waals surface area contributed by atoms with E-state index >= 15 is 0 Å². The highest BCUT2D eigenvalue weighted by molar-refractivity contribution is 9.10. The first-order valence-corrected chi connectivity index (χ1v) is 7.45. The van der Waals surface area contributed by atoms with Crippen LogP contribution in [0.2, 0.25) is 0 Å². The molecule has 1 aromatic heterocycles. The fourth-order valence-corrected chi connectivity index (χ4v) is 2.11. The van der Waals surface area contributed by atoms with Crippen molar-refractivity contribution in [1.82, 2.24) is 4.98 Å². The normalized spacial score (nSPS) is 10.7. The predicted molar refractivity (Wildman–Crippen MR) is 86.2 cm³/mol. The van der Waals surface area contributed by atoms with E-state index in [4.69, 9.17) is 4.74 Å². The minimum Gasteiger partial charge on any atom is -0.491 e. The molecule has 1 heterocycles. The molecule has 0 unspecified atom stereocenters. The molecule has 1 N–H and O–H groups in total. The predicted octanol–water partition coefficient (Wildman–Crippen LogP) is 4.55. The van der Waals surface area contributed by atoms with Gasteiger partial charge in [0.2, 0.25) is 0 Å². The maximum absolute atomic E-state index is 5.68. The first-order valence-electron chi connectivity index (χ1n) is 6.66. The number of anilines is 1. The smallest absolute Gasteiger partial charge is 0.120 e. The fraction of sp³-hybridized carbons (Fsp3) is 0.312. The molecular formula is C16H19BrN2O. The van der Waals surface area contributed by atoms with Gasteiger partial charge in [-0.15, -0.1) is 0 Å². The zero-order valence-corrected chi connectivity index (χ0v) is 13.6. The van der Waals surface area contributed by atoms with Gasteiger partial charge in [0.05, 0.1) is 18.3 Å². The van der Waals surface area contributed by atoms with Crippen molar-refractivity contribution in [3.63, 3.8) is 0 Å². The summed E-state index contributed by atoms with van der Waals surface area (Å²) >= 11 is 3.38. The Bertz CT molecular complexity index is 567. The van der Waals surface area contributed by atoms with Crippen LogP contribution in [0.5, 0.6) is 5.75 Å². The van der Waals surface area contributed by atoms with Crippen LogP contribution in [-0.2, 0) is 6.54 Å². The molecule has 1 aromatic carbocycles. The Morgan fingerprint density at radius 1 is 1.25 bits per heavy atom. The highest BCUT2D eigenvalue weighted by atomic mass is 79.9. The standard InChI is InChI=1S/C16H19BrN2O/c1-11(2)20-15-6-7-16(12(3)8-15)19-10-14-5-4-13(17)9-18-14/h4-9,11,19H,10H2,1-3H3. The Hall–Kier alpha value is -1.55. The molecule has 0 aliphatic heterocycles. The van der Waals surface area contributed by atoms with Gasteiger partial charge in [0, 0.05) is 16.4 Å². The lowest BCUT2D eigenvalue weighted by Crippen LogP contribution is -2.06. The van der Waals surface area contributed by atoms with Gasteiger partial charge >= 0.3 is 0 Å². The van der Waals surface area contributed by atoms with Crippen LogP contribution in [0.4, 0.5) is 5.69 Å². The molecule has 0 aliphatic carbocycles. The molecule has 0 atom stereocenters. The molecule has 0 spiro atoms. The summed E-state index contributed by atoms with van der Waals surface area (Å²) in [5, 5.41) is 3.40. The minimum absolute atomic E-state index is 0.195. The number of aryl methyl sites for hydroxylation is 1. The number of nitrogens with zero attached hydrogens (tertiary/aromatic N) is 1. The topological polar surface area (TPSA) is 34.1 Å². The van der Waals surface area contributed by atoms with E-state index in [0.717, 1.165) is 21.6 Å². The van der Waals surface area contributed by atoms with E-state index in [0.29, 0.717) is 6.54 Å². The van der Waals surface area contributed by atoms with E-state index < -0.39 is 0 Å². The fourth-order valence-electron chi connectivity index (χ4n) is 1.88. The van der Waals surface area contributed by atoms with Crippen molar-refractivity contribution >= 4 is 21.6 Å². The maximum Gasteiger partial charge on any atom is 0.120 e. The monoisotopic (exact) mass is 334 g/mol. The summed E-state index contributed by atoms with van der Waals surface area (Å²) in [5.41, 5.74) is 3.28. The van der Waals surface area contributed by atoms with Gasteiger partial charge in [-0.3, -0.25) is 4.98 Å². The third kappa shape index (κ3) is 4.23. The van der Waals surface area contributed by atoms with Crippen molar-refractivity contribution in [2.75, 3.05) is 5.32 Å². The van der Waals surface area contributed by atoms with E-state index in [1.807, 2.05) is 44.3 Å². The first kappa shape index (κ1) is 14.9. The molecule has 4 heteroatoms. The average molecular weight is 335 g/mol. The molecule has 0 amide bonds. The summed E-state index contributed by atoms with van der Waals surface area (Å²) in [6.45, 7) is 6.84. The van der Waals surface area contributed by atoms with E-state index in [2.05, 4.69) is 39.2 Å². The number of aromatic nitrogens is 1. The summed E-state index contributed by atoms with van der Waals surface area (Å²) in [6.07, 6.45) is 2.00. The Morgan fingerprint density at radius 3 is 2.65 bits per heavy atom. The zero-order valence-electron chi connectivity index (χ0n) is 12.0. The summed E-state index contributed by atoms with van der Waals surface area (Å²) in [7, 11) is 0. The molecular weight excluding hydrogens is 316 g/mol. The second-order valence-corrected chi connectivity index (χ2v) is 5.88. The number of pyridine rings is 1. The number of halogens is 1. The Morgan fingerprint density at radius 2 is 2.05 bits per heavy atom. The number of hydrogen-bond acceptors (Lipinski definition) is 3. The molecule has 2 aromatic rings. The van der Waals surface area contributed by atoms with Crippen molar-refractivity contribution < 1.29 is 4.74 Å². The van der Waals surface area contributed by atoms with Crippen molar-refractivity contribution in [1.29, 1.82) is 0 Å². The molecule has 0 radical (unpaired) electrons. The molecule has 0 bridgehead atoms. The third-order valence-electron chi connectivity index (χ3n) is 2.82. The molecule has 106 valence electrons. The lowest BCUT2D eigenvalue weighted by Gasteiger charge is -2.13. The SMILES string of the molecule is Cc1cc(OC(C)C)ccc1NCc1ccc(Br)cn1. The maximum atomic E-state index is 5.68. The van der Waals surface area contributed by atoms with Gasteiger partial charge in [-0.2, -0.15) is 0 Å². The molecule has 20 heavy (non-hydrogen) atoms. The Labute approximate surface area is 128 Å². The van der Waals surface area contributed by atoms with E-state index in [1.54, 1.807) is 0 Å². The van der Waals surface area contributed by atoms with Gasteiger partial charge in [-0.25, -0.2) is 0 Å². The molecule has 0 saturated carbocycles. The van der Waals surface area contributed by atoms with Gasteiger partial charge in [-0.05, 0) is 72.6 Å². The molecule has 2 rings (SSSR count). The van der Waals surface area contributed by atoms with Crippen LogP contribution < -0.4 is 10.1 Å². The summed E-state index contributed by atoms with van der Waals surface area (Å²) in [6, 6.07) is 10.1. The minimum atomic E-state index is 0.195. The molecule has 0 aliphatic rings. The van der Waals surface area contributed by atoms with Crippen molar-refractivity contribution in [2.45, 2.75) is 33.4 Å². The summed E-state index contributed by atoms with van der Waals surface area (Å²) in [5.74, 6) is 0.907. The molecule has 0 saturated heterocycles. The third-order valence-corrected chi connectivity index (χ3v) is 3.29. The van der Waals surface area contributed by atoms with Crippen LogP contribution in [0.25, 0.3) is 0 Å². The number of benzene rings is 1. The van der Waals surface area contributed by atoms with Gasteiger partial charge in [0.1, 0.15) is 5.75 Å². The van der Waals surface area contributed by atoms with Crippen LogP contribution in [0.1, 0.15) is 25.1 Å².